The Labute approximate surface area is 138 Å². The Balaban J connectivity index is 1.73. The molecule has 118 valence electrons. The zero-order chi connectivity index (χ0) is 15.7. The van der Waals surface area contributed by atoms with Crippen molar-refractivity contribution >= 4 is 33.5 Å². The third-order valence-corrected chi connectivity index (χ3v) is 5.62. The van der Waals surface area contributed by atoms with Gasteiger partial charge in [0.15, 0.2) is 0 Å². The summed E-state index contributed by atoms with van der Waals surface area (Å²) in [5.74, 6) is -1.05. The monoisotopic (exact) mass is 365 g/mol. The molecule has 0 saturated heterocycles. The summed E-state index contributed by atoms with van der Waals surface area (Å²) in [5, 5.41) is 12.4. The summed E-state index contributed by atoms with van der Waals surface area (Å²) in [4.78, 5) is 23.9. The Hall–Kier alpha value is -1.36. The second-order valence-corrected chi connectivity index (χ2v) is 7.33. The van der Waals surface area contributed by atoms with Gasteiger partial charge in [0.1, 0.15) is 0 Å². The van der Waals surface area contributed by atoms with Crippen molar-refractivity contribution in [2.75, 3.05) is 5.32 Å². The van der Waals surface area contributed by atoms with Gasteiger partial charge in [-0.1, -0.05) is 12.8 Å². The van der Waals surface area contributed by atoms with Gasteiger partial charge in [-0.3, -0.25) is 9.59 Å². The van der Waals surface area contributed by atoms with Crippen molar-refractivity contribution in [2.45, 2.75) is 51.4 Å². The number of carboxylic acids is 1. The number of carbonyl (C=O) groups excluding carboxylic acids is 1. The molecular weight excluding hydrogens is 346 g/mol. The Bertz CT molecular complexity index is 621. The van der Waals surface area contributed by atoms with Gasteiger partial charge in [0.25, 0.3) is 0 Å². The lowest BCUT2D eigenvalue weighted by Gasteiger charge is -2.23. The number of rotatable bonds is 4. The van der Waals surface area contributed by atoms with Crippen LogP contribution in [0.1, 0.15) is 49.7 Å². The number of nitrogens with one attached hydrogen (secondary N) is 1. The highest BCUT2D eigenvalue weighted by Crippen LogP contribution is 2.42. The van der Waals surface area contributed by atoms with E-state index in [0.29, 0.717) is 12.8 Å². The molecule has 0 bridgehead atoms. The van der Waals surface area contributed by atoms with E-state index in [9.17, 15) is 14.7 Å². The number of aryl methyl sites for hydroxylation is 2. The van der Waals surface area contributed by atoms with Gasteiger partial charge in [-0.15, -0.1) is 0 Å². The Morgan fingerprint density at radius 3 is 2.41 bits per heavy atom. The predicted octanol–water partition coefficient (Wildman–Crippen LogP) is 3.91. The van der Waals surface area contributed by atoms with Gasteiger partial charge in [0, 0.05) is 10.9 Å². The maximum absolute atomic E-state index is 12.3. The van der Waals surface area contributed by atoms with Crippen molar-refractivity contribution in [1.29, 1.82) is 0 Å². The van der Waals surface area contributed by atoms with Crippen LogP contribution < -0.4 is 5.32 Å². The molecule has 0 atom stereocenters. The number of hydrogen-bond acceptors (Lipinski definition) is 2. The Morgan fingerprint density at radius 1 is 1.14 bits per heavy atom. The van der Waals surface area contributed by atoms with Gasteiger partial charge in [-0.05, 0) is 71.3 Å². The predicted molar refractivity (Wildman–Crippen MR) is 88.0 cm³/mol. The molecule has 0 heterocycles. The van der Waals surface area contributed by atoms with Crippen molar-refractivity contribution in [1.82, 2.24) is 0 Å². The van der Waals surface area contributed by atoms with Crippen LogP contribution in [0, 0.1) is 5.41 Å². The third-order valence-electron chi connectivity index (χ3n) is 4.97. The highest BCUT2D eigenvalue weighted by Gasteiger charge is 2.43. The van der Waals surface area contributed by atoms with Crippen LogP contribution in [0.15, 0.2) is 16.6 Å². The zero-order valence-electron chi connectivity index (χ0n) is 12.5. The highest BCUT2D eigenvalue weighted by atomic mass is 79.9. The quantitative estimate of drug-likeness (QED) is 0.849. The second-order valence-electron chi connectivity index (χ2n) is 6.47. The summed E-state index contributed by atoms with van der Waals surface area (Å²) in [7, 11) is 0. The maximum atomic E-state index is 12.3. The first kappa shape index (κ1) is 15.5. The number of halogens is 1. The molecule has 1 aromatic carbocycles. The van der Waals surface area contributed by atoms with Gasteiger partial charge in [-0.25, -0.2) is 0 Å². The summed E-state index contributed by atoms with van der Waals surface area (Å²) in [5.41, 5.74) is 2.51. The van der Waals surface area contributed by atoms with Crippen molar-refractivity contribution in [2.24, 2.45) is 5.41 Å². The number of benzene rings is 1. The summed E-state index contributed by atoms with van der Waals surface area (Å²) >= 11 is 3.50. The average Bonchev–Trinajstić information content (AvgIpc) is 3.08. The lowest BCUT2D eigenvalue weighted by atomic mass is 9.82. The summed E-state index contributed by atoms with van der Waals surface area (Å²) in [6.45, 7) is 0. The first-order valence-corrected chi connectivity index (χ1v) is 8.64. The molecule has 0 radical (unpaired) electrons. The van der Waals surface area contributed by atoms with E-state index >= 15 is 0 Å². The van der Waals surface area contributed by atoms with Crippen LogP contribution in [0.25, 0.3) is 0 Å². The minimum Gasteiger partial charge on any atom is -0.481 e. The smallest absolute Gasteiger partial charge is 0.310 e. The minimum absolute atomic E-state index is 0.0614. The number of aliphatic carboxylic acids is 1. The Kier molecular flexibility index (Phi) is 4.26. The Morgan fingerprint density at radius 2 is 1.77 bits per heavy atom. The van der Waals surface area contributed by atoms with E-state index in [1.54, 1.807) is 0 Å². The minimum atomic E-state index is -0.868. The van der Waals surface area contributed by atoms with Crippen molar-refractivity contribution < 1.29 is 14.7 Å². The fourth-order valence-corrected chi connectivity index (χ4v) is 4.20. The third kappa shape index (κ3) is 2.91. The highest BCUT2D eigenvalue weighted by molar-refractivity contribution is 9.10. The molecule has 4 nitrogen and oxygen atoms in total. The normalized spacial score (nSPS) is 19.0. The number of carboxylic acid groups (broad SMARTS) is 1. The van der Waals surface area contributed by atoms with Crippen molar-refractivity contribution in [3.63, 3.8) is 0 Å². The molecule has 0 spiro atoms. The molecule has 2 aliphatic rings. The van der Waals surface area contributed by atoms with Crippen LogP contribution in [0.2, 0.25) is 0 Å². The van der Waals surface area contributed by atoms with E-state index < -0.39 is 11.4 Å². The molecule has 2 aliphatic carbocycles. The first-order chi connectivity index (χ1) is 10.5. The van der Waals surface area contributed by atoms with Gasteiger partial charge in [0.05, 0.1) is 11.1 Å². The van der Waals surface area contributed by atoms with Crippen LogP contribution >= 0.6 is 15.9 Å². The van der Waals surface area contributed by atoms with E-state index in [1.165, 1.54) is 11.1 Å². The average molecular weight is 366 g/mol. The summed E-state index contributed by atoms with van der Waals surface area (Å²) in [6.07, 6.45) is 6.33. The molecule has 5 heteroatoms. The first-order valence-electron chi connectivity index (χ1n) is 7.85. The van der Waals surface area contributed by atoms with Crippen molar-refractivity contribution in [3.8, 4) is 0 Å². The fourth-order valence-electron chi connectivity index (χ4n) is 3.71. The number of carbonyl (C=O) groups is 2. The number of hydrogen-bond donors (Lipinski definition) is 2. The van der Waals surface area contributed by atoms with Crippen LogP contribution in [0.3, 0.4) is 0 Å². The molecule has 22 heavy (non-hydrogen) atoms. The van der Waals surface area contributed by atoms with Crippen LogP contribution in [0.4, 0.5) is 5.69 Å². The lowest BCUT2D eigenvalue weighted by Crippen LogP contribution is -2.32. The topological polar surface area (TPSA) is 66.4 Å². The molecule has 1 aromatic rings. The maximum Gasteiger partial charge on any atom is 0.310 e. The van der Waals surface area contributed by atoms with Gasteiger partial charge >= 0.3 is 5.97 Å². The van der Waals surface area contributed by atoms with Crippen LogP contribution in [-0.2, 0) is 22.4 Å². The lowest BCUT2D eigenvalue weighted by molar-refractivity contribution is -0.150. The van der Waals surface area contributed by atoms with Crippen LogP contribution in [0.5, 0.6) is 0 Å². The zero-order valence-corrected chi connectivity index (χ0v) is 14.0. The van der Waals surface area contributed by atoms with Crippen molar-refractivity contribution in [3.05, 3.63) is 27.7 Å². The van der Waals surface area contributed by atoms with E-state index in [1.807, 2.05) is 6.07 Å². The van der Waals surface area contributed by atoms with Gasteiger partial charge in [0.2, 0.25) is 5.91 Å². The molecular formula is C17H20BrNO3. The standard InChI is InChI=1S/C17H20BrNO3/c18-13-8-11-4-3-5-12(11)9-14(13)19-15(20)10-17(16(21)22)6-1-2-7-17/h8-9H,1-7,10H2,(H,19,20)(H,21,22). The fraction of sp³-hybridized carbons (Fsp3) is 0.529. The van der Waals surface area contributed by atoms with E-state index in [-0.39, 0.29) is 12.3 Å². The largest absolute Gasteiger partial charge is 0.481 e. The molecule has 0 aliphatic heterocycles. The molecule has 0 aromatic heterocycles. The number of amides is 1. The molecule has 1 amide bonds. The van der Waals surface area contributed by atoms with Crippen LogP contribution in [-0.4, -0.2) is 17.0 Å². The van der Waals surface area contributed by atoms with E-state index in [4.69, 9.17) is 0 Å². The molecule has 2 N–H and O–H groups in total. The number of anilines is 1. The van der Waals surface area contributed by atoms with Gasteiger partial charge in [-0.2, -0.15) is 0 Å². The van der Waals surface area contributed by atoms with E-state index in [2.05, 4.69) is 27.3 Å². The van der Waals surface area contributed by atoms with Gasteiger partial charge < -0.3 is 10.4 Å². The summed E-state index contributed by atoms with van der Waals surface area (Å²) < 4.78 is 0.872. The molecule has 0 unspecified atom stereocenters. The SMILES string of the molecule is O=C(CC1(C(=O)O)CCCC1)Nc1cc2c(cc1Br)CCC2. The molecule has 3 rings (SSSR count). The second kappa shape index (κ2) is 6.03. The summed E-state index contributed by atoms with van der Waals surface area (Å²) in [6, 6.07) is 4.09. The molecule has 1 saturated carbocycles. The van der Waals surface area contributed by atoms with E-state index in [0.717, 1.165) is 42.3 Å². The number of fused-ring (bicyclic) bond motifs is 1. The molecule has 1 fully saturated rings.